The molecule has 0 fully saturated rings. The first-order valence-electron chi connectivity index (χ1n) is 3.96. The quantitative estimate of drug-likeness (QED) is 0.817. The lowest BCUT2D eigenvalue weighted by molar-refractivity contribution is 0.208. The van der Waals surface area contributed by atoms with Crippen molar-refractivity contribution in [3.05, 3.63) is 26.2 Å². The maximum Gasteiger partial charge on any atom is 0.0684 e. The van der Waals surface area contributed by atoms with Crippen molar-refractivity contribution in [3.8, 4) is 0 Å². The number of nitrogens with one attached hydrogen (secondary N) is 1. The van der Waals surface area contributed by atoms with E-state index >= 15 is 0 Å². The molecule has 0 radical (unpaired) electrons. The zero-order chi connectivity index (χ0) is 9.84. The second-order valence-corrected chi connectivity index (χ2v) is 4.95. The van der Waals surface area contributed by atoms with Gasteiger partial charge in [0.1, 0.15) is 0 Å². The first-order chi connectivity index (χ1) is 6.09. The van der Waals surface area contributed by atoms with Gasteiger partial charge in [-0.2, -0.15) is 0 Å². The molecule has 2 N–H and O–H groups in total. The van der Waals surface area contributed by atoms with Gasteiger partial charge in [0.2, 0.25) is 0 Å². The first kappa shape index (κ1) is 11.3. The van der Waals surface area contributed by atoms with E-state index < -0.39 is 0 Å². The van der Waals surface area contributed by atoms with Crippen LogP contribution in [-0.2, 0) is 0 Å². The van der Waals surface area contributed by atoms with Crippen molar-refractivity contribution in [3.63, 3.8) is 0 Å². The molecule has 0 aromatic heterocycles. The monoisotopic (exact) mass is 355 g/mol. The highest BCUT2D eigenvalue weighted by molar-refractivity contribution is 14.1. The Morgan fingerprint density at radius 3 is 2.85 bits per heavy atom. The van der Waals surface area contributed by atoms with Crippen molar-refractivity contribution in [1.82, 2.24) is 0 Å². The van der Waals surface area contributed by atoms with Gasteiger partial charge in [0.15, 0.2) is 0 Å². The van der Waals surface area contributed by atoms with Crippen LogP contribution in [-0.4, -0.2) is 17.8 Å². The van der Waals surface area contributed by atoms with E-state index in [-0.39, 0.29) is 6.10 Å². The van der Waals surface area contributed by atoms with Crippen LogP contribution in [0.4, 0.5) is 5.69 Å². The predicted molar refractivity (Wildman–Crippen MR) is 67.0 cm³/mol. The maximum absolute atomic E-state index is 9.08. The Bertz CT molecular complexity index is 291. The molecule has 1 atom stereocenters. The Morgan fingerprint density at radius 1 is 1.62 bits per heavy atom. The average molecular weight is 356 g/mol. The Kier molecular flexibility index (Phi) is 4.48. The summed E-state index contributed by atoms with van der Waals surface area (Å²) in [7, 11) is 0. The maximum atomic E-state index is 9.08. The number of hydrogen-bond acceptors (Lipinski definition) is 2. The lowest BCUT2D eigenvalue weighted by Gasteiger charge is -2.10. The summed E-state index contributed by atoms with van der Waals surface area (Å²) >= 11 is 5.71. The van der Waals surface area contributed by atoms with Gasteiger partial charge in [-0.15, -0.1) is 0 Å². The van der Waals surface area contributed by atoms with Crippen LogP contribution in [0.2, 0.25) is 0 Å². The van der Waals surface area contributed by atoms with E-state index in [0.29, 0.717) is 6.54 Å². The normalized spacial score (nSPS) is 12.6. The molecule has 0 aliphatic rings. The van der Waals surface area contributed by atoms with E-state index in [9.17, 15) is 0 Å². The standard InChI is InChI=1S/C9H11BrINO/c1-6(13)5-12-9-3-2-7(11)4-8(9)10/h2-4,6,12-13H,5H2,1H3. The van der Waals surface area contributed by atoms with Crippen LogP contribution in [0, 0.1) is 3.57 Å². The van der Waals surface area contributed by atoms with Gasteiger partial charge < -0.3 is 10.4 Å². The van der Waals surface area contributed by atoms with Crippen molar-refractivity contribution in [2.24, 2.45) is 0 Å². The van der Waals surface area contributed by atoms with Crippen LogP contribution in [0.5, 0.6) is 0 Å². The van der Waals surface area contributed by atoms with E-state index in [0.717, 1.165) is 10.2 Å². The van der Waals surface area contributed by atoms with Crippen molar-refractivity contribution >= 4 is 44.2 Å². The SMILES string of the molecule is CC(O)CNc1ccc(I)cc1Br. The molecule has 13 heavy (non-hydrogen) atoms. The molecule has 2 nitrogen and oxygen atoms in total. The molecule has 72 valence electrons. The molecule has 0 aliphatic carbocycles. The van der Waals surface area contributed by atoms with Crippen LogP contribution < -0.4 is 5.32 Å². The summed E-state index contributed by atoms with van der Waals surface area (Å²) in [5.74, 6) is 0. The zero-order valence-corrected chi connectivity index (χ0v) is 11.0. The van der Waals surface area contributed by atoms with Crippen LogP contribution >= 0.6 is 38.5 Å². The van der Waals surface area contributed by atoms with E-state index in [4.69, 9.17) is 5.11 Å². The number of aliphatic hydroxyl groups is 1. The fourth-order valence-electron chi connectivity index (χ4n) is 0.891. The molecule has 1 rings (SSSR count). The highest BCUT2D eigenvalue weighted by Gasteiger charge is 2.00. The molecule has 0 saturated heterocycles. The average Bonchev–Trinajstić information content (AvgIpc) is 2.02. The second kappa shape index (κ2) is 5.17. The first-order valence-corrected chi connectivity index (χ1v) is 5.84. The topological polar surface area (TPSA) is 32.3 Å². The van der Waals surface area contributed by atoms with Gasteiger partial charge in [-0.05, 0) is 63.6 Å². The molecule has 0 saturated carbocycles. The van der Waals surface area contributed by atoms with Gasteiger partial charge in [0.05, 0.1) is 6.10 Å². The third-order valence-electron chi connectivity index (χ3n) is 1.52. The Labute approximate surface area is 100.0 Å². The van der Waals surface area contributed by atoms with Gasteiger partial charge in [0.25, 0.3) is 0 Å². The predicted octanol–water partition coefficient (Wildman–Crippen LogP) is 2.85. The number of rotatable bonds is 3. The fraction of sp³-hybridized carbons (Fsp3) is 0.333. The molecule has 0 spiro atoms. The van der Waals surface area contributed by atoms with Crippen LogP contribution in [0.25, 0.3) is 0 Å². The lowest BCUT2D eigenvalue weighted by atomic mass is 10.3. The summed E-state index contributed by atoms with van der Waals surface area (Å²) in [6.07, 6.45) is -0.328. The second-order valence-electron chi connectivity index (χ2n) is 2.85. The minimum atomic E-state index is -0.328. The third kappa shape index (κ3) is 3.83. The molecular formula is C9H11BrINO. The molecule has 1 unspecified atom stereocenters. The van der Waals surface area contributed by atoms with Crippen LogP contribution in [0.3, 0.4) is 0 Å². The molecule has 1 aromatic rings. The highest BCUT2D eigenvalue weighted by atomic mass is 127. The van der Waals surface area contributed by atoms with E-state index in [1.807, 2.05) is 18.2 Å². The summed E-state index contributed by atoms with van der Waals surface area (Å²) in [6.45, 7) is 2.33. The van der Waals surface area contributed by atoms with Gasteiger partial charge in [-0.25, -0.2) is 0 Å². The van der Waals surface area contributed by atoms with Gasteiger partial charge in [-0.1, -0.05) is 0 Å². The summed E-state index contributed by atoms with van der Waals surface area (Å²) in [4.78, 5) is 0. The smallest absolute Gasteiger partial charge is 0.0684 e. The van der Waals surface area contributed by atoms with Crippen molar-refractivity contribution in [1.29, 1.82) is 0 Å². The van der Waals surface area contributed by atoms with Crippen LogP contribution in [0.1, 0.15) is 6.92 Å². The van der Waals surface area contributed by atoms with Crippen LogP contribution in [0.15, 0.2) is 22.7 Å². The van der Waals surface area contributed by atoms with Gasteiger partial charge >= 0.3 is 0 Å². The molecule has 1 aromatic carbocycles. The Morgan fingerprint density at radius 2 is 2.31 bits per heavy atom. The minimum absolute atomic E-state index is 0.328. The number of benzene rings is 1. The van der Waals surface area contributed by atoms with Crippen molar-refractivity contribution in [2.45, 2.75) is 13.0 Å². The Hall–Kier alpha value is 0.190. The fourth-order valence-corrected chi connectivity index (χ4v) is 2.33. The largest absolute Gasteiger partial charge is 0.392 e. The van der Waals surface area contributed by atoms with Gasteiger partial charge in [-0.3, -0.25) is 0 Å². The molecule has 0 amide bonds. The van der Waals surface area contributed by atoms with E-state index in [1.165, 1.54) is 3.57 Å². The molecule has 0 heterocycles. The summed E-state index contributed by atoms with van der Waals surface area (Å²) in [5.41, 5.74) is 1.02. The van der Waals surface area contributed by atoms with Gasteiger partial charge in [0, 0.05) is 20.3 Å². The van der Waals surface area contributed by atoms with E-state index in [1.54, 1.807) is 6.92 Å². The molecular weight excluding hydrogens is 345 g/mol. The highest BCUT2D eigenvalue weighted by Crippen LogP contribution is 2.24. The summed E-state index contributed by atoms with van der Waals surface area (Å²) < 4.78 is 2.21. The molecule has 0 bridgehead atoms. The molecule has 4 heteroatoms. The molecule has 0 aliphatic heterocycles. The third-order valence-corrected chi connectivity index (χ3v) is 2.85. The number of halogens is 2. The van der Waals surface area contributed by atoms with Crippen molar-refractivity contribution < 1.29 is 5.11 Å². The number of hydrogen-bond donors (Lipinski definition) is 2. The lowest BCUT2D eigenvalue weighted by Crippen LogP contribution is -2.15. The number of aliphatic hydroxyl groups excluding tert-OH is 1. The zero-order valence-electron chi connectivity index (χ0n) is 7.22. The summed E-state index contributed by atoms with van der Waals surface area (Å²) in [6, 6.07) is 6.05. The summed E-state index contributed by atoms with van der Waals surface area (Å²) in [5, 5.41) is 12.2. The van der Waals surface area contributed by atoms with E-state index in [2.05, 4.69) is 43.8 Å². The Balaban J connectivity index is 2.67. The number of anilines is 1. The minimum Gasteiger partial charge on any atom is -0.392 e. The van der Waals surface area contributed by atoms with Crippen molar-refractivity contribution in [2.75, 3.05) is 11.9 Å².